The van der Waals surface area contributed by atoms with Crippen LogP contribution in [0.25, 0.3) is 0 Å². The number of carbonyl (C=O) groups excluding carboxylic acids is 3. The number of para-hydroxylation sites is 1. The summed E-state index contributed by atoms with van der Waals surface area (Å²) in [7, 11) is 0. The SMILES string of the molecule is C[C@]12C=CCCOC(=O)[C@H]1[C@H]1C(=O)N([C@@H](CO)Cc3ccccc3)C3C(=O)N(c4ccccc4Cl)CC=C[C@@]31O2. The van der Waals surface area contributed by atoms with Gasteiger partial charge in [-0.05, 0) is 37.5 Å². The number of hydrogen-bond donors (Lipinski definition) is 1. The molecule has 1 N–H and O–H groups in total. The van der Waals surface area contributed by atoms with E-state index in [2.05, 4.69) is 0 Å². The van der Waals surface area contributed by atoms with E-state index in [0.717, 1.165) is 5.56 Å². The van der Waals surface area contributed by atoms with Crippen molar-refractivity contribution in [2.24, 2.45) is 11.8 Å². The van der Waals surface area contributed by atoms with E-state index >= 15 is 0 Å². The summed E-state index contributed by atoms with van der Waals surface area (Å²) < 4.78 is 12.3. The zero-order chi connectivity index (χ0) is 28.1. The van der Waals surface area contributed by atoms with Gasteiger partial charge in [-0.1, -0.05) is 78.4 Å². The van der Waals surface area contributed by atoms with Gasteiger partial charge in [0.1, 0.15) is 17.6 Å². The highest BCUT2D eigenvalue weighted by Crippen LogP contribution is 2.57. The number of nitrogens with zero attached hydrogens (tertiary/aromatic N) is 2. The molecule has 1 unspecified atom stereocenters. The molecule has 0 radical (unpaired) electrons. The van der Waals surface area contributed by atoms with Gasteiger partial charge in [0, 0.05) is 6.54 Å². The van der Waals surface area contributed by atoms with E-state index in [0.29, 0.717) is 23.6 Å². The van der Waals surface area contributed by atoms with E-state index in [-0.39, 0.29) is 19.8 Å². The third kappa shape index (κ3) is 4.08. The number of ether oxygens (including phenoxy) is 2. The smallest absolute Gasteiger partial charge is 0.313 e. The average Bonchev–Trinajstić information content (AvgIpc) is 3.27. The molecule has 4 aliphatic heterocycles. The molecular formula is C31H31ClN2O6. The molecule has 4 heterocycles. The lowest BCUT2D eigenvalue weighted by atomic mass is 9.74. The highest BCUT2D eigenvalue weighted by atomic mass is 35.5. The number of carbonyl (C=O) groups is 3. The Labute approximate surface area is 237 Å². The normalized spacial score (nSPS) is 32.1. The van der Waals surface area contributed by atoms with Crippen LogP contribution in [0.2, 0.25) is 5.02 Å². The van der Waals surface area contributed by atoms with E-state index in [4.69, 9.17) is 21.1 Å². The number of fused-ring (bicyclic) bond motifs is 2. The second-order valence-corrected chi connectivity index (χ2v) is 11.3. The predicted octanol–water partition coefficient (Wildman–Crippen LogP) is 3.32. The number of esters is 1. The topological polar surface area (TPSA) is 96.4 Å². The van der Waals surface area contributed by atoms with Crippen molar-refractivity contribution in [3.8, 4) is 0 Å². The van der Waals surface area contributed by atoms with Crippen LogP contribution >= 0.6 is 11.6 Å². The van der Waals surface area contributed by atoms with Crippen molar-refractivity contribution in [2.45, 2.75) is 43.1 Å². The highest BCUT2D eigenvalue weighted by Gasteiger charge is 2.75. The Bertz CT molecular complexity index is 1400. The monoisotopic (exact) mass is 562 g/mol. The maximum atomic E-state index is 14.6. The number of hydrogen-bond acceptors (Lipinski definition) is 6. The third-order valence-electron chi connectivity index (χ3n) is 8.52. The van der Waals surface area contributed by atoms with Crippen molar-refractivity contribution in [2.75, 3.05) is 24.7 Å². The summed E-state index contributed by atoms with van der Waals surface area (Å²) in [6.45, 7) is 1.79. The molecule has 2 saturated heterocycles. The van der Waals surface area contributed by atoms with Crippen LogP contribution in [0.15, 0.2) is 78.9 Å². The van der Waals surface area contributed by atoms with Gasteiger partial charge in [-0.2, -0.15) is 0 Å². The predicted molar refractivity (Wildman–Crippen MR) is 149 cm³/mol. The minimum absolute atomic E-state index is 0.197. The lowest BCUT2D eigenvalue weighted by Gasteiger charge is -2.40. The lowest BCUT2D eigenvalue weighted by molar-refractivity contribution is -0.160. The summed E-state index contributed by atoms with van der Waals surface area (Å²) in [4.78, 5) is 45.6. The van der Waals surface area contributed by atoms with Crippen LogP contribution in [0.5, 0.6) is 0 Å². The van der Waals surface area contributed by atoms with Gasteiger partial charge < -0.3 is 24.4 Å². The summed E-state index contributed by atoms with van der Waals surface area (Å²) >= 11 is 6.53. The Balaban J connectivity index is 1.51. The van der Waals surface area contributed by atoms with Gasteiger partial charge >= 0.3 is 5.97 Å². The first-order valence-corrected chi connectivity index (χ1v) is 13.9. The molecule has 0 bridgehead atoms. The highest BCUT2D eigenvalue weighted by molar-refractivity contribution is 6.34. The Morgan fingerprint density at radius 2 is 1.75 bits per heavy atom. The van der Waals surface area contributed by atoms with Crippen molar-refractivity contribution >= 4 is 35.1 Å². The maximum absolute atomic E-state index is 14.6. The minimum atomic E-state index is -1.46. The number of amides is 2. The third-order valence-corrected chi connectivity index (χ3v) is 8.84. The molecule has 2 amide bonds. The number of benzene rings is 2. The molecule has 9 heteroatoms. The number of anilines is 1. The molecule has 2 fully saturated rings. The number of rotatable bonds is 5. The molecule has 6 rings (SSSR count). The average molecular weight is 563 g/mol. The van der Waals surface area contributed by atoms with E-state index in [1.807, 2.05) is 42.5 Å². The van der Waals surface area contributed by atoms with Crippen LogP contribution in [-0.2, 0) is 30.3 Å². The molecule has 8 nitrogen and oxygen atoms in total. The maximum Gasteiger partial charge on any atom is 0.313 e. The Morgan fingerprint density at radius 3 is 2.50 bits per heavy atom. The quantitative estimate of drug-likeness (QED) is 0.444. The number of aliphatic hydroxyl groups excluding tert-OH is 1. The first-order valence-electron chi connectivity index (χ1n) is 13.6. The molecule has 1 spiro atoms. The van der Waals surface area contributed by atoms with Gasteiger partial charge in [0.15, 0.2) is 0 Å². The van der Waals surface area contributed by atoms with Crippen molar-refractivity contribution < 1.29 is 29.0 Å². The molecule has 0 saturated carbocycles. The summed E-state index contributed by atoms with van der Waals surface area (Å²) in [6, 6.07) is 14.6. The molecule has 208 valence electrons. The fraction of sp³-hybridized carbons (Fsp3) is 0.387. The van der Waals surface area contributed by atoms with Gasteiger partial charge in [0.2, 0.25) is 5.91 Å². The van der Waals surface area contributed by atoms with Crippen LogP contribution in [0, 0.1) is 11.8 Å². The lowest BCUT2D eigenvalue weighted by Crippen LogP contribution is -2.59. The zero-order valence-electron chi connectivity index (χ0n) is 22.1. The van der Waals surface area contributed by atoms with Crippen molar-refractivity contribution in [3.05, 3.63) is 89.5 Å². The molecule has 0 aromatic heterocycles. The molecule has 4 aliphatic rings. The van der Waals surface area contributed by atoms with Crippen LogP contribution < -0.4 is 4.90 Å². The van der Waals surface area contributed by atoms with Gasteiger partial charge in [-0.25, -0.2) is 0 Å². The Kier molecular flexibility index (Phi) is 6.81. The summed E-state index contributed by atoms with van der Waals surface area (Å²) in [6.07, 6.45) is 8.12. The van der Waals surface area contributed by atoms with Gasteiger partial charge in [0.25, 0.3) is 5.91 Å². The second kappa shape index (κ2) is 10.2. The molecule has 2 aromatic carbocycles. The zero-order valence-corrected chi connectivity index (χ0v) is 22.9. The first kappa shape index (κ1) is 26.7. The Morgan fingerprint density at radius 1 is 1.00 bits per heavy atom. The molecular weight excluding hydrogens is 532 g/mol. The van der Waals surface area contributed by atoms with Crippen LogP contribution in [0.3, 0.4) is 0 Å². The molecule has 0 aliphatic carbocycles. The Hall–Kier alpha value is -3.46. The van der Waals surface area contributed by atoms with Gasteiger partial charge in [-0.15, -0.1) is 0 Å². The number of halogens is 1. The number of aliphatic hydroxyl groups is 1. The van der Waals surface area contributed by atoms with Crippen molar-refractivity contribution in [1.29, 1.82) is 0 Å². The fourth-order valence-electron chi connectivity index (χ4n) is 6.84. The second-order valence-electron chi connectivity index (χ2n) is 10.9. The summed E-state index contributed by atoms with van der Waals surface area (Å²) in [5.74, 6) is -3.33. The van der Waals surface area contributed by atoms with Crippen molar-refractivity contribution in [3.63, 3.8) is 0 Å². The minimum Gasteiger partial charge on any atom is -0.465 e. The van der Waals surface area contributed by atoms with Crippen LogP contribution in [-0.4, -0.2) is 70.8 Å². The van der Waals surface area contributed by atoms with Crippen LogP contribution in [0.1, 0.15) is 18.9 Å². The van der Waals surface area contributed by atoms with E-state index in [1.54, 1.807) is 43.3 Å². The largest absolute Gasteiger partial charge is 0.465 e. The van der Waals surface area contributed by atoms with Gasteiger partial charge in [0.05, 0.1) is 41.5 Å². The molecule has 40 heavy (non-hydrogen) atoms. The van der Waals surface area contributed by atoms with Crippen molar-refractivity contribution in [1.82, 2.24) is 4.90 Å². The van der Waals surface area contributed by atoms with Gasteiger partial charge in [-0.3, -0.25) is 14.4 Å². The summed E-state index contributed by atoms with van der Waals surface area (Å²) in [5.41, 5.74) is -1.22. The van der Waals surface area contributed by atoms with E-state index < -0.39 is 52.9 Å². The van der Waals surface area contributed by atoms with E-state index in [9.17, 15) is 19.5 Å². The fourth-order valence-corrected chi connectivity index (χ4v) is 7.08. The summed E-state index contributed by atoms with van der Waals surface area (Å²) in [5, 5.41) is 11.0. The number of likely N-dealkylation sites (tertiary alicyclic amines) is 1. The standard InChI is InChI=1S/C31H31ClN2O6/c1-30-14-7-8-17-39-29(38)25(30)24-27(36)34(21(19-35)18-20-10-3-2-4-11-20)26-28(37)33(16-9-15-31(24,26)40-30)23-13-6-5-12-22(23)32/h2-7,9-15,21,24-26,35H,8,16-19H2,1H3/t21-,24+,25-,26?,30+,31+/m1/s1. The number of cyclic esters (lactones) is 1. The van der Waals surface area contributed by atoms with E-state index in [1.165, 1.54) is 9.80 Å². The molecule has 6 atom stereocenters. The first-order chi connectivity index (χ1) is 19.3. The van der Waals surface area contributed by atoms with Crippen LogP contribution in [0.4, 0.5) is 5.69 Å². The molecule has 2 aromatic rings.